The standard InChI is InChI=1S/C16H18N4O3/c1-10(2)19-14-8-13(17-9-18-14)15(21)20-12-6-4-11(5-7-12)16(22)23-3/h4-10H,1-3H3,(H,20,21)(H,17,18,19). The summed E-state index contributed by atoms with van der Waals surface area (Å²) in [6.07, 6.45) is 1.33. The molecule has 0 fully saturated rings. The minimum Gasteiger partial charge on any atom is -0.465 e. The van der Waals surface area contributed by atoms with Gasteiger partial charge in [-0.25, -0.2) is 14.8 Å². The van der Waals surface area contributed by atoms with E-state index < -0.39 is 5.97 Å². The molecule has 0 saturated carbocycles. The van der Waals surface area contributed by atoms with E-state index in [1.165, 1.54) is 13.4 Å². The van der Waals surface area contributed by atoms with E-state index in [9.17, 15) is 9.59 Å². The van der Waals surface area contributed by atoms with Crippen molar-refractivity contribution in [2.45, 2.75) is 19.9 Å². The molecule has 0 spiro atoms. The first kappa shape index (κ1) is 16.4. The summed E-state index contributed by atoms with van der Waals surface area (Å²) in [5.41, 5.74) is 1.22. The summed E-state index contributed by atoms with van der Waals surface area (Å²) in [4.78, 5) is 31.6. The third kappa shape index (κ3) is 4.50. The van der Waals surface area contributed by atoms with Gasteiger partial charge in [0.25, 0.3) is 5.91 Å². The lowest BCUT2D eigenvalue weighted by atomic mass is 10.2. The maximum atomic E-state index is 12.2. The Balaban J connectivity index is 2.08. The minimum atomic E-state index is -0.428. The van der Waals surface area contributed by atoms with Crippen molar-refractivity contribution in [2.75, 3.05) is 17.7 Å². The average molecular weight is 314 g/mol. The topological polar surface area (TPSA) is 93.2 Å². The molecule has 7 heteroatoms. The van der Waals surface area contributed by atoms with Gasteiger partial charge in [0.1, 0.15) is 17.8 Å². The third-order valence-corrected chi connectivity index (χ3v) is 2.90. The molecule has 0 aliphatic heterocycles. The highest BCUT2D eigenvalue weighted by atomic mass is 16.5. The second-order valence-corrected chi connectivity index (χ2v) is 5.11. The van der Waals surface area contributed by atoms with Gasteiger partial charge in [0.2, 0.25) is 0 Å². The number of aromatic nitrogens is 2. The fraction of sp³-hybridized carbons (Fsp3) is 0.250. The number of esters is 1. The predicted octanol–water partition coefficient (Wildman–Crippen LogP) is 2.34. The molecule has 2 rings (SSSR count). The van der Waals surface area contributed by atoms with Crippen LogP contribution in [0.25, 0.3) is 0 Å². The fourth-order valence-electron chi connectivity index (χ4n) is 1.86. The summed E-state index contributed by atoms with van der Waals surface area (Å²) < 4.78 is 4.62. The van der Waals surface area contributed by atoms with Crippen molar-refractivity contribution in [1.29, 1.82) is 0 Å². The summed E-state index contributed by atoms with van der Waals surface area (Å²) in [6.45, 7) is 3.95. The maximum absolute atomic E-state index is 12.2. The van der Waals surface area contributed by atoms with Crippen LogP contribution in [-0.4, -0.2) is 35.0 Å². The molecule has 1 aromatic heterocycles. The van der Waals surface area contributed by atoms with Crippen LogP contribution in [0.3, 0.4) is 0 Å². The first-order chi connectivity index (χ1) is 11.0. The molecule has 0 aliphatic carbocycles. The number of ether oxygens (including phenoxy) is 1. The van der Waals surface area contributed by atoms with Gasteiger partial charge < -0.3 is 15.4 Å². The molecular formula is C16H18N4O3. The zero-order chi connectivity index (χ0) is 16.8. The number of amides is 1. The number of anilines is 2. The van der Waals surface area contributed by atoms with Gasteiger partial charge in [-0.05, 0) is 38.1 Å². The van der Waals surface area contributed by atoms with Crippen molar-refractivity contribution in [3.05, 3.63) is 47.9 Å². The Morgan fingerprint density at radius 2 is 1.83 bits per heavy atom. The van der Waals surface area contributed by atoms with E-state index >= 15 is 0 Å². The fourth-order valence-corrected chi connectivity index (χ4v) is 1.86. The second-order valence-electron chi connectivity index (χ2n) is 5.11. The van der Waals surface area contributed by atoms with Crippen LogP contribution in [0.15, 0.2) is 36.7 Å². The molecule has 1 amide bonds. The van der Waals surface area contributed by atoms with Crippen LogP contribution in [0.4, 0.5) is 11.5 Å². The van der Waals surface area contributed by atoms with Crippen LogP contribution < -0.4 is 10.6 Å². The molecule has 0 unspecified atom stereocenters. The number of nitrogens with zero attached hydrogens (tertiary/aromatic N) is 2. The molecule has 2 aromatic rings. The lowest BCUT2D eigenvalue weighted by Gasteiger charge is -2.10. The van der Waals surface area contributed by atoms with Crippen LogP contribution in [0.2, 0.25) is 0 Å². The summed E-state index contributed by atoms with van der Waals surface area (Å²) in [5.74, 6) is -0.200. The molecule has 0 bridgehead atoms. The van der Waals surface area contributed by atoms with Crippen LogP contribution in [-0.2, 0) is 4.74 Å². The van der Waals surface area contributed by atoms with Gasteiger partial charge >= 0.3 is 5.97 Å². The van der Waals surface area contributed by atoms with Gasteiger partial charge in [-0.3, -0.25) is 4.79 Å². The highest BCUT2D eigenvalue weighted by Gasteiger charge is 2.10. The van der Waals surface area contributed by atoms with Crippen molar-refractivity contribution < 1.29 is 14.3 Å². The molecule has 0 saturated heterocycles. The third-order valence-electron chi connectivity index (χ3n) is 2.90. The van der Waals surface area contributed by atoms with Gasteiger partial charge in [-0.15, -0.1) is 0 Å². The molecule has 23 heavy (non-hydrogen) atoms. The first-order valence-electron chi connectivity index (χ1n) is 7.08. The van der Waals surface area contributed by atoms with E-state index in [2.05, 4.69) is 25.3 Å². The number of carbonyl (C=O) groups excluding carboxylic acids is 2. The zero-order valence-corrected chi connectivity index (χ0v) is 13.2. The number of benzene rings is 1. The average Bonchev–Trinajstić information content (AvgIpc) is 2.54. The molecule has 7 nitrogen and oxygen atoms in total. The van der Waals surface area contributed by atoms with E-state index in [0.717, 1.165) is 0 Å². The molecule has 120 valence electrons. The highest BCUT2D eigenvalue weighted by Crippen LogP contribution is 2.12. The van der Waals surface area contributed by atoms with E-state index in [-0.39, 0.29) is 17.6 Å². The SMILES string of the molecule is COC(=O)c1ccc(NC(=O)c2cc(NC(C)C)ncn2)cc1. The van der Waals surface area contributed by atoms with Gasteiger partial charge in [0, 0.05) is 17.8 Å². The van der Waals surface area contributed by atoms with Gasteiger partial charge in [-0.1, -0.05) is 0 Å². The lowest BCUT2D eigenvalue weighted by molar-refractivity contribution is 0.0600. The monoisotopic (exact) mass is 314 g/mol. The van der Waals surface area contributed by atoms with Crippen molar-refractivity contribution in [3.63, 3.8) is 0 Å². The Morgan fingerprint density at radius 1 is 1.13 bits per heavy atom. The molecule has 0 aliphatic rings. The van der Waals surface area contributed by atoms with E-state index in [4.69, 9.17) is 0 Å². The Morgan fingerprint density at radius 3 is 2.43 bits per heavy atom. The summed E-state index contributed by atoms with van der Waals surface area (Å²) in [7, 11) is 1.32. The van der Waals surface area contributed by atoms with Gasteiger partial charge in [0.15, 0.2) is 0 Å². The van der Waals surface area contributed by atoms with E-state index in [1.807, 2.05) is 13.8 Å². The zero-order valence-electron chi connectivity index (χ0n) is 13.2. The predicted molar refractivity (Wildman–Crippen MR) is 86.5 cm³/mol. The minimum absolute atomic E-state index is 0.201. The van der Waals surface area contributed by atoms with Crippen LogP contribution >= 0.6 is 0 Å². The largest absolute Gasteiger partial charge is 0.465 e. The van der Waals surface area contributed by atoms with Crippen molar-refractivity contribution in [2.24, 2.45) is 0 Å². The van der Waals surface area contributed by atoms with Crippen LogP contribution in [0.1, 0.15) is 34.7 Å². The Kier molecular flexibility index (Phi) is 5.24. The molecule has 2 N–H and O–H groups in total. The lowest BCUT2D eigenvalue weighted by Crippen LogP contribution is -2.16. The molecular weight excluding hydrogens is 296 g/mol. The van der Waals surface area contributed by atoms with Crippen molar-refractivity contribution in [3.8, 4) is 0 Å². The normalized spacial score (nSPS) is 10.3. The van der Waals surface area contributed by atoms with Crippen molar-refractivity contribution in [1.82, 2.24) is 9.97 Å². The summed E-state index contributed by atoms with van der Waals surface area (Å²) >= 11 is 0. The quantitative estimate of drug-likeness (QED) is 0.823. The number of hydrogen-bond acceptors (Lipinski definition) is 6. The molecule has 1 aromatic carbocycles. The number of carbonyl (C=O) groups is 2. The van der Waals surface area contributed by atoms with Crippen LogP contribution in [0, 0.1) is 0 Å². The Bertz CT molecular complexity index is 699. The molecule has 0 radical (unpaired) electrons. The number of hydrogen-bond donors (Lipinski definition) is 2. The number of rotatable bonds is 5. The number of nitrogens with one attached hydrogen (secondary N) is 2. The first-order valence-corrected chi connectivity index (χ1v) is 7.08. The second kappa shape index (κ2) is 7.35. The smallest absolute Gasteiger partial charge is 0.337 e. The maximum Gasteiger partial charge on any atom is 0.337 e. The summed E-state index contributed by atoms with van der Waals surface area (Å²) in [5, 5.41) is 5.82. The Hall–Kier alpha value is -2.96. The molecule has 1 heterocycles. The highest BCUT2D eigenvalue weighted by molar-refractivity contribution is 6.03. The van der Waals surface area contributed by atoms with Gasteiger partial charge in [-0.2, -0.15) is 0 Å². The summed E-state index contributed by atoms with van der Waals surface area (Å²) in [6, 6.07) is 8.18. The van der Waals surface area contributed by atoms with E-state index in [1.54, 1.807) is 30.3 Å². The van der Waals surface area contributed by atoms with E-state index in [0.29, 0.717) is 17.1 Å². The molecule has 0 atom stereocenters. The Labute approximate surface area is 134 Å². The van der Waals surface area contributed by atoms with Gasteiger partial charge in [0.05, 0.1) is 12.7 Å². The van der Waals surface area contributed by atoms with Crippen molar-refractivity contribution >= 4 is 23.4 Å². The van der Waals surface area contributed by atoms with Crippen LogP contribution in [0.5, 0.6) is 0 Å². The number of methoxy groups -OCH3 is 1.